The number of benzene rings is 1. The van der Waals surface area contributed by atoms with Crippen molar-refractivity contribution in [1.29, 1.82) is 0 Å². The number of hydrogen-bond acceptors (Lipinski definition) is 5. The Bertz CT molecular complexity index is 897. The van der Waals surface area contributed by atoms with Crippen LogP contribution in [0.2, 0.25) is 0 Å². The van der Waals surface area contributed by atoms with E-state index in [1.165, 1.54) is 0 Å². The van der Waals surface area contributed by atoms with Gasteiger partial charge in [-0.3, -0.25) is 14.4 Å². The number of thioether (sulfide) groups is 1. The summed E-state index contributed by atoms with van der Waals surface area (Å²) >= 11 is 1.70. The van der Waals surface area contributed by atoms with Crippen molar-refractivity contribution in [1.82, 2.24) is 10.2 Å². The smallest absolute Gasteiger partial charge is 0.244 e. The molecule has 3 amide bonds. The standard InChI is InChI=1S/C26H37N3O4S/c1-3-4-8-13-27-24(32)22-26-17(2)16-19(34-26)20(23(31)28-18-11-6-5-7-12-18)21(26)25(33)29(22)14-9-10-15-30/h5-7,11-12,17,19-22,30H,3-4,8-10,13-16H2,1-2H3,(H,27,32)(H,28,31)/t17?,19-,20+,21+,22?,26?/m1/s1. The molecule has 2 bridgehead atoms. The highest BCUT2D eigenvalue weighted by molar-refractivity contribution is 8.02. The Morgan fingerprint density at radius 3 is 2.62 bits per heavy atom. The molecular weight excluding hydrogens is 450 g/mol. The van der Waals surface area contributed by atoms with Crippen LogP contribution in [0.4, 0.5) is 5.69 Å². The largest absolute Gasteiger partial charge is 0.396 e. The molecule has 6 atom stereocenters. The molecule has 4 rings (SSSR count). The van der Waals surface area contributed by atoms with Gasteiger partial charge in [0, 0.05) is 30.6 Å². The number of hydrogen-bond donors (Lipinski definition) is 3. The molecule has 1 spiro atoms. The van der Waals surface area contributed by atoms with Crippen LogP contribution < -0.4 is 10.6 Å². The summed E-state index contributed by atoms with van der Waals surface area (Å²) in [6, 6.07) is 8.76. The van der Waals surface area contributed by atoms with Crippen molar-refractivity contribution in [2.24, 2.45) is 17.8 Å². The molecule has 186 valence electrons. The molecule has 3 saturated heterocycles. The molecule has 3 unspecified atom stereocenters. The zero-order valence-electron chi connectivity index (χ0n) is 20.2. The molecule has 8 heteroatoms. The van der Waals surface area contributed by atoms with Gasteiger partial charge < -0.3 is 20.6 Å². The number of unbranched alkanes of at least 4 members (excludes halogenated alkanes) is 3. The first-order chi connectivity index (χ1) is 16.5. The Hall–Kier alpha value is -2.06. The second-order valence-electron chi connectivity index (χ2n) is 9.87. The zero-order chi connectivity index (χ0) is 24.3. The van der Waals surface area contributed by atoms with Crippen molar-refractivity contribution in [3.63, 3.8) is 0 Å². The molecular formula is C26H37N3O4S. The van der Waals surface area contributed by atoms with Gasteiger partial charge in [0.1, 0.15) is 6.04 Å². The third kappa shape index (κ3) is 4.35. The molecule has 3 aliphatic heterocycles. The SMILES string of the molecule is CCCCCNC(=O)C1N(CCCCO)C(=O)[C@@H]2[C@@H](C(=O)Nc3ccccc3)[C@H]3CC(C)C12S3. The highest BCUT2D eigenvalue weighted by atomic mass is 32.2. The Morgan fingerprint density at radius 2 is 1.91 bits per heavy atom. The normalized spacial score (nSPS) is 31.6. The van der Waals surface area contributed by atoms with E-state index in [-0.39, 0.29) is 35.5 Å². The van der Waals surface area contributed by atoms with Gasteiger partial charge in [-0.25, -0.2) is 0 Å². The minimum absolute atomic E-state index is 0.0302. The van der Waals surface area contributed by atoms with Crippen molar-refractivity contribution in [2.75, 3.05) is 25.0 Å². The number of para-hydroxylation sites is 1. The van der Waals surface area contributed by atoms with Gasteiger partial charge in [0.05, 0.1) is 16.6 Å². The van der Waals surface area contributed by atoms with Gasteiger partial charge in [0.15, 0.2) is 0 Å². The summed E-state index contributed by atoms with van der Waals surface area (Å²) in [6.07, 6.45) is 5.07. The Balaban J connectivity index is 1.61. The second-order valence-corrected chi connectivity index (χ2v) is 11.4. The molecule has 34 heavy (non-hydrogen) atoms. The van der Waals surface area contributed by atoms with E-state index in [1.54, 1.807) is 16.7 Å². The number of nitrogens with one attached hydrogen (secondary N) is 2. The van der Waals surface area contributed by atoms with Crippen LogP contribution >= 0.6 is 11.8 Å². The Labute approximate surface area is 206 Å². The molecule has 0 aliphatic carbocycles. The summed E-state index contributed by atoms with van der Waals surface area (Å²) in [5, 5.41) is 15.4. The summed E-state index contributed by atoms with van der Waals surface area (Å²) in [7, 11) is 0. The van der Waals surface area contributed by atoms with Crippen LogP contribution in [0, 0.1) is 17.8 Å². The van der Waals surface area contributed by atoms with E-state index in [9.17, 15) is 19.5 Å². The van der Waals surface area contributed by atoms with E-state index in [4.69, 9.17) is 0 Å². The quantitative estimate of drug-likeness (QED) is 0.417. The number of rotatable bonds is 11. The molecule has 7 nitrogen and oxygen atoms in total. The number of fused-ring (bicyclic) bond motifs is 1. The number of anilines is 1. The van der Waals surface area contributed by atoms with Crippen LogP contribution in [0.3, 0.4) is 0 Å². The zero-order valence-corrected chi connectivity index (χ0v) is 21.0. The molecule has 0 saturated carbocycles. The highest BCUT2D eigenvalue weighted by Gasteiger charge is 2.75. The fourth-order valence-electron chi connectivity index (χ4n) is 6.18. The Kier molecular flexibility index (Phi) is 7.87. The maximum Gasteiger partial charge on any atom is 0.244 e. The van der Waals surface area contributed by atoms with Crippen LogP contribution in [0.1, 0.15) is 52.4 Å². The van der Waals surface area contributed by atoms with Gasteiger partial charge in [0.2, 0.25) is 17.7 Å². The van der Waals surface area contributed by atoms with Crippen molar-refractivity contribution in [3.05, 3.63) is 30.3 Å². The van der Waals surface area contributed by atoms with Crippen molar-refractivity contribution < 1.29 is 19.5 Å². The molecule has 0 aromatic heterocycles. The molecule has 1 aromatic carbocycles. The lowest BCUT2D eigenvalue weighted by atomic mass is 9.66. The van der Waals surface area contributed by atoms with Gasteiger partial charge in [-0.05, 0) is 43.7 Å². The maximum absolute atomic E-state index is 13.9. The molecule has 3 fully saturated rings. The van der Waals surface area contributed by atoms with Gasteiger partial charge in [-0.1, -0.05) is 44.9 Å². The average Bonchev–Trinajstić information content (AvgIpc) is 3.41. The lowest BCUT2D eigenvalue weighted by Gasteiger charge is -2.38. The summed E-state index contributed by atoms with van der Waals surface area (Å²) in [6.45, 7) is 5.34. The van der Waals surface area contributed by atoms with Crippen LogP contribution in [0.5, 0.6) is 0 Å². The van der Waals surface area contributed by atoms with Crippen LogP contribution in [0.25, 0.3) is 0 Å². The topological polar surface area (TPSA) is 98.7 Å². The Morgan fingerprint density at radius 1 is 1.15 bits per heavy atom. The summed E-state index contributed by atoms with van der Waals surface area (Å²) in [5.41, 5.74) is 0.720. The monoisotopic (exact) mass is 487 g/mol. The van der Waals surface area contributed by atoms with Gasteiger partial charge in [-0.15, -0.1) is 11.8 Å². The van der Waals surface area contributed by atoms with Crippen molar-refractivity contribution in [2.45, 2.75) is 68.4 Å². The molecule has 1 aromatic rings. The van der Waals surface area contributed by atoms with Crippen molar-refractivity contribution >= 4 is 35.2 Å². The van der Waals surface area contributed by atoms with E-state index in [0.717, 1.165) is 31.4 Å². The predicted octanol–water partition coefficient (Wildman–Crippen LogP) is 3.04. The van der Waals surface area contributed by atoms with Crippen LogP contribution in [-0.4, -0.2) is 63.5 Å². The van der Waals surface area contributed by atoms with Crippen LogP contribution in [0.15, 0.2) is 30.3 Å². The first-order valence-corrected chi connectivity index (χ1v) is 13.6. The number of amides is 3. The van der Waals surface area contributed by atoms with Crippen LogP contribution in [-0.2, 0) is 14.4 Å². The van der Waals surface area contributed by atoms with E-state index in [0.29, 0.717) is 25.9 Å². The fraction of sp³-hybridized carbons (Fsp3) is 0.654. The molecule has 3 N–H and O–H groups in total. The van der Waals surface area contributed by atoms with E-state index < -0.39 is 22.6 Å². The number of carbonyl (C=O) groups is 3. The predicted molar refractivity (Wildman–Crippen MR) is 134 cm³/mol. The first kappa shape index (κ1) is 25.0. The molecule has 3 heterocycles. The van der Waals surface area contributed by atoms with E-state index in [1.807, 2.05) is 30.3 Å². The number of likely N-dealkylation sites (tertiary alicyclic amines) is 1. The number of carbonyl (C=O) groups excluding carboxylic acids is 3. The molecule has 0 radical (unpaired) electrons. The fourth-order valence-corrected chi connectivity index (χ4v) is 8.61. The maximum atomic E-state index is 13.9. The number of nitrogens with zero attached hydrogens (tertiary/aromatic N) is 1. The summed E-state index contributed by atoms with van der Waals surface area (Å²) < 4.78 is -0.589. The lowest BCUT2D eigenvalue weighted by molar-refractivity contribution is -0.139. The van der Waals surface area contributed by atoms with E-state index >= 15 is 0 Å². The highest BCUT2D eigenvalue weighted by Crippen LogP contribution is 2.68. The third-order valence-corrected chi connectivity index (χ3v) is 9.80. The minimum Gasteiger partial charge on any atom is -0.396 e. The third-order valence-electron chi connectivity index (χ3n) is 7.72. The summed E-state index contributed by atoms with van der Waals surface area (Å²) in [5.74, 6) is -1.11. The second kappa shape index (κ2) is 10.7. The molecule has 3 aliphatic rings. The van der Waals surface area contributed by atoms with Gasteiger partial charge in [0.25, 0.3) is 0 Å². The minimum atomic E-state index is -0.589. The van der Waals surface area contributed by atoms with Gasteiger partial charge in [-0.2, -0.15) is 0 Å². The van der Waals surface area contributed by atoms with Crippen molar-refractivity contribution in [3.8, 4) is 0 Å². The number of aliphatic hydroxyl groups excluding tert-OH is 1. The average molecular weight is 488 g/mol. The van der Waals surface area contributed by atoms with E-state index in [2.05, 4.69) is 24.5 Å². The first-order valence-electron chi connectivity index (χ1n) is 12.7. The van der Waals surface area contributed by atoms with Gasteiger partial charge >= 0.3 is 0 Å². The summed E-state index contributed by atoms with van der Waals surface area (Å²) in [4.78, 5) is 42.6. The number of aliphatic hydroxyl groups is 1. The lowest BCUT2D eigenvalue weighted by Crippen LogP contribution is -2.56.